The van der Waals surface area contributed by atoms with E-state index in [1.165, 1.54) is 12.1 Å². The van der Waals surface area contributed by atoms with Gasteiger partial charge < -0.3 is 10.4 Å². The molecule has 1 aromatic carbocycles. The molecule has 0 radical (unpaired) electrons. The minimum Gasteiger partial charge on any atom is -0.387 e. The van der Waals surface area contributed by atoms with E-state index >= 15 is 0 Å². The molecule has 0 bridgehead atoms. The largest absolute Gasteiger partial charge is 0.387 e. The second-order valence-electron chi connectivity index (χ2n) is 4.39. The van der Waals surface area contributed by atoms with Crippen molar-refractivity contribution in [2.75, 3.05) is 13.1 Å². The zero-order chi connectivity index (χ0) is 13.5. The predicted molar refractivity (Wildman–Crippen MR) is 72.2 cm³/mol. The molecule has 2 N–H and O–H groups in total. The molecular weight excluding hydrogens is 243 g/mol. The summed E-state index contributed by atoms with van der Waals surface area (Å²) >= 11 is 0. The van der Waals surface area contributed by atoms with Crippen LogP contribution in [0.15, 0.2) is 48.8 Å². The van der Waals surface area contributed by atoms with Crippen molar-refractivity contribution in [1.29, 1.82) is 0 Å². The van der Waals surface area contributed by atoms with Gasteiger partial charge in [-0.1, -0.05) is 18.2 Å². The highest BCUT2D eigenvalue weighted by atomic mass is 19.1. The number of hydrogen-bond donors (Lipinski definition) is 2. The van der Waals surface area contributed by atoms with Crippen molar-refractivity contribution in [1.82, 2.24) is 10.3 Å². The molecular formula is C15H17FN2O. The highest BCUT2D eigenvalue weighted by Crippen LogP contribution is 2.12. The van der Waals surface area contributed by atoms with Crippen molar-refractivity contribution in [3.05, 3.63) is 65.7 Å². The molecule has 1 atom stereocenters. The second kappa shape index (κ2) is 6.97. The van der Waals surface area contributed by atoms with E-state index in [0.29, 0.717) is 12.1 Å². The lowest BCUT2D eigenvalue weighted by atomic mass is 10.1. The lowest BCUT2D eigenvalue weighted by molar-refractivity contribution is 0.174. The number of pyridine rings is 1. The number of aliphatic hydroxyl groups excluding tert-OH is 1. The monoisotopic (exact) mass is 260 g/mol. The van der Waals surface area contributed by atoms with Crippen molar-refractivity contribution in [3.63, 3.8) is 0 Å². The quantitative estimate of drug-likeness (QED) is 0.782. The van der Waals surface area contributed by atoms with Gasteiger partial charge >= 0.3 is 0 Å². The average Bonchev–Trinajstić information content (AvgIpc) is 2.44. The van der Waals surface area contributed by atoms with Crippen LogP contribution in [-0.2, 0) is 6.42 Å². The summed E-state index contributed by atoms with van der Waals surface area (Å²) < 4.78 is 13.0. The molecule has 4 heteroatoms. The molecule has 0 fully saturated rings. The molecule has 100 valence electrons. The van der Waals surface area contributed by atoms with Gasteiger partial charge in [-0.15, -0.1) is 0 Å². The molecule has 0 aliphatic rings. The van der Waals surface area contributed by atoms with Crippen LogP contribution < -0.4 is 5.32 Å². The van der Waals surface area contributed by atoms with Gasteiger partial charge in [-0.05, 0) is 42.3 Å². The maximum absolute atomic E-state index is 13.0. The van der Waals surface area contributed by atoms with Gasteiger partial charge in [0.2, 0.25) is 0 Å². The van der Waals surface area contributed by atoms with Crippen LogP contribution in [0.2, 0.25) is 0 Å². The molecule has 2 rings (SSSR count). The SMILES string of the molecule is OC(CNCCc1cccnc1)c1cccc(F)c1. The molecule has 3 nitrogen and oxygen atoms in total. The third-order valence-electron chi connectivity index (χ3n) is 2.88. The predicted octanol–water partition coefficient (Wildman–Crippen LogP) is 2.09. The zero-order valence-corrected chi connectivity index (χ0v) is 10.6. The number of hydrogen-bond acceptors (Lipinski definition) is 3. The first-order valence-corrected chi connectivity index (χ1v) is 6.29. The molecule has 1 unspecified atom stereocenters. The van der Waals surface area contributed by atoms with E-state index in [-0.39, 0.29) is 5.82 Å². The standard InChI is InChI=1S/C15H17FN2O/c16-14-5-1-4-13(9-14)15(19)11-18-8-6-12-3-2-7-17-10-12/h1-5,7,9-10,15,18-19H,6,8,11H2. The van der Waals surface area contributed by atoms with Gasteiger partial charge in [0.15, 0.2) is 0 Å². The highest BCUT2D eigenvalue weighted by molar-refractivity contribution is 5.19. The molecule has 0 saturated heterocycles. The van der Waals surface area contributed by atoms with E-state index in [0.717, 1.165) is 18.5 Å². The number of aromatic nitrogens is 1. The molecule has 0 spiro atoms. The van der Waals surface area contributed by atoms with Crippen LogP contribution in [-0.4, -0.2) is 23.2 Å². The van der Waals surface area contributed by atoms with E-state index in [4.69, 9.17) is 0 Å². The van der Waals surface area contributed by atoms with Crippen LogP contribution in [0.3, 0.4) is 0 Å². The smallest absolute Gasteiger partial charge is 0.123 e. The number of benzene rings is 1. The zero-order valence-electron chi connectivity index (χ0n) is 10.6. The maximum Gasteiger partial charge on any atom is 0.123 e. The van der Waals surface area contributed by atoms with Crippen molar-refractivity contribution in [2.45, 2.75) is 12.5 Å². The summed E-state index contributed by atoms with van der Waals surface area (Å²) in [5, 5.41) is 13.1. The Morgan fingerprint density at radius 1 is 1.26 bits per heavy atom. The number of nitrogens with one attached hydrogen (secondary N) is 1. The number of nitrogens with zero attached hydrogens (tertiary/aromatic N) is 1. The Balaban J connectivity index is 1.74. The summed E-state index contributed by atoms with van der Waals surface area (Å²) in [7, 11) is 0. The Morgan fingerprint density at radius 3 is 2.89 bits per heavy atom. The van der Waals surface area contributed by atoms with E-state index < -0.39 is 6.10 Å². The highest BCUT2D eigenvalue weighted by Gasteiger charge is 2.07. The van der Waals surface area contributed by atoms with Crippen LogP contribution >= 0.6 is 0 Å². The molecule has 0 saturated carbocycles. The molecule has 0 aliphatic carbocycles. The Bertz CT molecular complexity index is 505. The molecule has 2 aromatic rings. The summed E-state index contributed by atoms with van der Waals surface area (Å²) in [5.41, 5.74) is 1.74. The summed E-state index contributed by atoms with van der Waals surface area (Å²) in [5.74, 6) is -0.327. The summed E-state index contributed by atoms with van der Waals surface area (Å²) in [6, 6.07) is 9.95. The van der Waals surface area contributed by atoms with Crippen LogP contribution in [0.1, 0.15) is 17.2 Å². The Labute approximate surface area is 112 Å². The first-order chi connectivity index (χ1) is 9.25. The Hall–Kier alpha value is -1.78. The van der Waals surface area contributed by atoms with Gasteiger partial charge in [-0.2, -0.15) is 0 Å². The van der Waals surface area contributed by atoms with Gasteiger partial charge in [-0.3, -0.25) is 4.98 Å². The minimum atomic E-state index is -0.690. The van der Waals surface area contributed by atoms with Crippen LogP contribution in [0.5, 0.6) is 0 Å². The van der Waals surface area contributed by atoms with Crippen molar-refractivity contribution < 1.29 is 9.50 Å². The van der Waals surface area contributed by atoms with Gasteiger partial charge in [-0.25, -0.2) is 4.39 Å². The normalized spacial score (nSPS) is 12.3. The van der Waals surface area contributed by atoms with Crippen LogP contribution in [0.4, 0.5) is 4.39 Å². The number of rotatable bonds is 6. The number of halogens is 1. The van der Waals surface area contributed by atoms with Crippen molar-refractivity contribution in [3.8, 4) is 0 Å². The first-order valence-electron chi connectivity index (χ1n) is 6.29. The topological polar surface area (TPSA) is 45.1 Å². The van der Waals surface area contributed by atoms with Crippen molar-refractivity contribution in [2.24, 2.45) is 0 Å². The third kappa shape index (κ3) is 4.43. The molecule has 0 aliphatic heterocycles. The summed E-state index contributed by atoms with van der Waals surface area (Å²) in [4.78, 5) is 4.04. The van der Waals surface area contributed by atoms with E-state index in [1.54, 1.807) is 18.3 Å². The fraction of sp³-hybridized carbons (Fsp3) is 0.267. The Kier molecular flexibility index (Phi) is 5.01. The first kappa shape index (κ1) is 13.6. The van der Waals surface area contributed by atoms with E-state index in [9.17, 15) is 9.50 Å². The van der Waals surface area contributed by atoms with Gasteiger partial charge in [0.25, 0.3) is 0 Å². The van der Waals surface area contributed by atoms with Crippen LogP contribution in [0.25, 0.3) is 0 Å². The lowest BCUT2D eigenvalue weighted by Crippen LogP contribution is -2.23. The van der Waals surface area contributed by atoms with E-state index in [2.05, 4.69) is 10.3 Å². The number of aliphatic hydroxyl groups is 1. The molecule has 19 heavy (non-hydrogen) atoms. The van der Waals surface area contributed by atoms with E-state index in [1.807, 2.05) is 18.3 Å². The maximum atomic E-state index is 13.0. The third-order valence-corrected chi connectivity index (χ3v) is 2.88. The fourth-order valence-corrected chi connectivity index (χ4v) is 1.85. The molecule has 1 heterocycles. The van der Waals surface area contributed by atoms with Gasteiger partial charge in [0.1, 0.15) is 5.82 Å². The lowest BCUT2D eigenvalue weighted by Gasteiger charge is -2.12. The summed E-state index contributed by atoms with van der Waals surface area (Å²) in [6.07, 6.45) is 3.73. The Morgan fingerprint density at radius 2 is 2.16 bits per heavy atom. The van der Waals surface area contributed by atoms with Gasteiger partial charge in [0, 0.05) is 18.9 Å². The average molecular weight is 260 g/mol. The molecule has 0 amide bonds. The molecule has 1 aromatic heterocycles. The van der Waals surface area contributed by atoms with Gasteiger partial charge in [0.05, 0.1) is 6.10 Å². The fourth-order valence-electron chi connectivity index (χ4n) is 1.85. The minimum absolute atomic E-state index is 0.327. The van der Waals surface area contributed by atoms with Crippen molar-refractivity contribution >= 4 is 0 Å². The summed E-state index contributed by atoms with van der Waals surface area (Å²) in [6.45, 7) is 1.15. The van der Waals surface area contributed by atoms with Crippen LogP contribution in [0, 0.1) is 5.82 Å². The second-order valence-corrected chi connectivity index (χ2v) is 4.39.